The number of fused-ring (bicyclic) bond motifs is 3. The molecular formula is C59H73N3O5. The minimum Gasteiger partial charge on any atom is -0.509 e. The third-order valence-electron chi connectivity index (χ3n) is 22.9. The van der Waals surface area contributed by atoms with E-state index in [1.165, 1.54) is 76.2 Å². The van der Waals surface area contributed by atoms with Crippen LogP contribution in [-0.4, -0.2) is 65.1 Å². The first-order chi connectivity index (χ1) is 32.7. The number of nitrogens with zero attached hydrogens (tertiary/aromatic N) is 2. The van der Waals surface area contributed by atoms with Gasteiger partial charge in [-0.15, -0.1) is 0 Å². The lowest BCUT2D eigenvalue weighted by molar-refractivity contribution is -0.283. The minimum atomic E-state index is -1.13. The number of hydrogen-bond acceptors (Lipinski definition) is 8. The molecule has 67 heavy (non-hydrogen) atoms. The largest absolute Gasteiger partial charge is 0.509 e. The SMILES string of the molecule is C[C@@H]1CC2=C3[C@H]4C5=C6[C@@H]7C[C@@]41CCC7=C[C@@H](C1CCCC1)C[C@H]1[C@]64C(=O)O/C(=C(/O)C[C@H](CC6CCCCC6)N6C[C@H]7C[C@@H](C6)[C@H](C=C2)N3C7)[C@@]4(CC5)[C@]12OC(=O)c1c(CCCN)cccc12. The predicted molar refractivity (Wildman–Crippen MR) is 256 cm³/mol. The zero-order chi connectivity index (χ0) is 44.8. The maximum absolute atomic E-state index is 16.5. The van der Waals surface area contributed by atoms with Crippen molar-refractivity contribution in [3.63, 3.8) is 0 Å². The summed E-state index contributed by atoms with van der Waals surface area (Å²) in [6.45, 7) is 6.34. The fraction of sp³-hybridized carbons (Fsp3) is 0.695. The molecule has 0 radical (unpaired) electrons. The van der Waals surface area contributed by atoms with E-state index in [9.17, 15) is 5.11 Å². The quantitative estimate of drug-likeness (QED) is 0.215. The number of benzene rings is 1. The topological polar surface area (TPSA) is 105 Å². The summed E-state index contributed by atoms with van der Waals surface area (Å²) in [5.41, 5.74) is 13.4. The van der Waals surface area contributed by atoms with Crippen LogP contribution in [0.1, 0.15) is 157 Å². The molecule has 4 spiro atoms. The van der Waals surface area contributed by atoms with E-state index in [0.29, 0.717) is 78.7 Å². The Labute approximate surface area is 397 Å². The molecule has 7 fully saturated rings. The first-order valence-corrected chi connectivity index (χ1v) is 27.8. The number of aryl methyl sites for hydroxylation is 1. The molecule has 3 N–H and O–H groups in total. The van der Waals surface area contributed by atoms with E-state index in [2.05, 4.69) is 53.2 Å². The van der Waals surface area contributed by atoms with E-state index in [4.69, 9.17) is 15.2 Å². The highest BCUT2D eigenvalue weighted by molar-refractivity contribution is 6.00. The number of piperidine rings is 2. The molecule has 0 aromatic heterocycles. The number of carbonyl (C=O) groups is 2. The molecule has 14 bridgehead atoms. The maximum atomic E-state index is 16.5. The summed E-state index contributed by atoms with van der Waals surface area (Å²) in [5, 5.41) is 13.5. The van der Waals surface area contributed by atoms with Gasteiger partial charge < -0.3 is 25.2 Å². The Hall–Kier alpha value is -3.62. The lowest BCUT2D eigenvalue weighted by Crippen LogP contribution is -2.78. The van der Waals surface area contributed by atoms with Gasteiger partial charge in [-0.25, -0.2) is 4.79 Å². The summed E-state index contributed by atoms with van der Waals surface area (Å²) in [5.74, 6) is 3.58. The van der Waals surface area contributed by atoms with Gasteiger partial charge >= 0.3 is 11.9 Å². The fourth-order valence-electron chi connectivity index (χ4n) is 20.6. The summed E-state index contributed by atoms with van der Waals surface area (Å²) in [6.07, 6.45) is 30.4. The molecule has 8 heteroatoms. The molecule has 9 heterocycles. The number of allylic oxidation sites excluding steroid dienone is 5. The van der Waals surface area contributed by atoms with Crippen molar-refractivity contribution in [1.82, 2.24) is 9.80 Å². The van der Waals surface area contributed by atoms with Crippen molar-refractivity contribution in [2.45, 2.75) is 159 Å². The minimum absolute atomic E-state index is 0.121. The van der Waals surface area contributed by atoms with Gasteiger partial charge in [0.05, 0.1) is 17.0 Å². The van der Waals surface area contributed by atoms with E-state index in [1.807, 2.05) is 0 Å². The Kier molecular flexibility index (Phi) is 8.77. The van der Waals surface area contributed by atoms with Crippen LogP contribution in [0.2, 0.25) is 0 Å². The van der Waals surface area contributed by atoms with E-state index in [1.54, 1.807) is 22.4 Å². The number of aliphatic hydroxyl groups excluding tert-OH is 1. The monoisotopic (exact) mass is 904 g/mol. The maximum Gasteiger partial charge on any atom is 0.339 e. The molecule has 8 nitrogen and oxygen atoms in total. The van der Waals surface area contributed by atoms with Crippen LogP contribution < -0.4 is 5.73 Å². The first-order valence-electron chi connectivity index (χ1n) is 27.8. The van der Waals surface area contributed by atoms with Gasteiger partial charge in [-0.1, -0.05) is 99.4 Å². The van der Waals surface area contributed by atoms with Crippen molar-refractivity contribution >= 4 is 11.9 Å². The van der Waals surface area contributed by atoms with Crippen molar-refractivity contribution in [3.8, 4) is 0 Å². The molecule has 9 aliphatic heterocycles. The van der Waals surface area contributed by atoms with Crippen LogP contribution in [-0.2, 0) is 26.3 Å². The highest BCUT2D eigenvalue weighted by Gasteiger charge is 2.94. The number of hydrogen-bond donors (Lipinski definition) is 2. The van der Waals surface area contributed by atoms with Crippen molar-refractivity contribution < 1.29 is 24.2 Å². The molecule has 1 aromatic rings. The van der Waals surface area contributed by atoms with Gasteiger partial charge in [-0.2, -0.15) is 0 Å². The summed E-state index contributed by atoms with van der Waals surface area (Å²) >= 11 is 0. The van der Waals surface area contributed by atoms with Gasteiger partial charge in [-0.3, -0.25) is 9.69 Å². The number of carbonyl (C=O) groups excluding carboxylic acids is 2. The Morgan fingerprint density at radius 3 is 2.64 bits per heavy atom. The van der Waals surface area contributed by atoms with Crippen LogP contribution in [0.25, 0.3) is 0 Å². The van der Waals surface area contributed by atoms with Crippen LogP contribution >= 0.6 is 0 Å². The third kappa shape index (κ3) is 4.95. The molecule has 3 saturated heterocycles. The molecular weight excluding hydrogens is 831 g/mol. The second-order valence-electron chi connectivity index (χ2n) is 25.3. The summed E-state index contributed by atoms with van der Waals surface area (Å²) in [4.78, 5) is 37.4. The van der Waals surface area contributed by atoms with Crippen molar-refractivity contribution in [2.24, 2.45) is 75.2 Å². The standard InChI is InChI=1S/C59H73N3O5/c1-33-23-39-16-17-46-41-24-35-30-61(32-41)42(25-34-9-3-2-4-10-34)28-47(63)53-57-21-19-43-50-44-29-56(33,51(43)52(39)62(46)31-35)20-18-38(44)26-40(36-11-5-6-12-36)27-48(58(50,57)55(65)66-53)59(57)45-15-7-13-37(14-8-22-60)49(45)54(64)67-59/h7,13,15-17,26,33-36,40-42,44,46,48,51,63H,2-6,8-12,14,18-25,27-32,60H2,1H3/b38-26?,53-47+/t33-,35-,40-,41+,42+,44-,46+,48+,51-,56-,57-,58-,59-/m1/s1. The normalized spacial score (nSPS) is 46.4. The van der Waals surface area contributed by atoms with E-state index in [-0.39, 0.29) is 46.9 Å². The molecule has 0 amide bonds. The molecule has 8 aliphatic carbocycles. The number of nitrogens with two attached hydrogens (primary N) is 1. The smallest absolute Gasteiger partial charge is 0.339 e. The molecule has 4 saturated carbocycles. The van der Waals surface area contributed by atoms with Crippen LogP contribution in [0, 0.1) is 69.5 Å². The molecule has 354 valence electrons. The fourth-order valence-corrected chi connectivity index (χ4v) is 20.6. The highest BCUT2D eigenvalue weighted by atomic mass is 16.6. The van der Waals surface area contributed by atoms with Gasteiger partial charge in [0.1, 0.15) is 11.2 Å². The average molecular weight is 904 g/mol. The molecule has 1 unspecified atom stereocenters. The average Bonchev–Trinajstić information content (AvgIpc) is 4.04. The predicted octanol–water partition coefficient (Wildman–Crippen LogP) is 10.7. The van der Waals surface area contributed by atoms with Crippen LogP contribution in [0.3, 0.4) is 0 Å². The van der Waals surface area contributed by atoms with Gasteiger partial charge in [-0.05, 0) is 148 Å². The molecule has 14 atom stereocenters. The van der Waals surface area contributed by atoms with E-state index < -0.39 is 16.4 Å². The van der Waals surface area contributed by atoms with Gasteiger partial charge in [0.25, 0.3) is 0 Å². The molecule has 1 aromatic carbocycles. The van der Waals surface area contributed by atoms with Gasteiger partial charge in [0.15, 0.2) is 11.4 Å². The van der Waals surface area contributed by atoms with E-state index in [0.717, 1.165) is 75.7 Å². The van der Waals surface area contributed by atoms with Crippen molar-refractivity contribution in [2.75, 3.05) is 26.2 Å². The highest BCUT2D eigenvalue weighted by Crippen LogP contribution is 2.89. The number of esters is 2. The Morgan fingerprint density at radius 2 is 1.79 bits per heavy atom. The second kappa shape index (κ2) is 14.3. The number of rotatable bonds is 6. The van der Waals surface area contributed by atoms with Crippen molar-refractivity contribution in [3.05, 3.63) is 92.6 Å². The summed E-state index contributed by atoms with van der Waals surface area (Å²) < 4.78 is 14.6. The third-order valence-corrected chi connectivity index (χ3v) is 22.9. The first kappa shape index (κ1) is 41.2. The van der Waals surface area contributed by atoms with Crippen LogP contribution in [0.4, 0.5) is 0 Å². The lowest BCUT2D eigenvalue weighted by atomic mass is 9.26. The Bertz CT molecular complexity index is 2540. The van der Waals surface area contributed by atoms with Crippen LogP contribution in [0.5, 0.6) is 0 Å². The number of ether oxygens (including phenoxy) is 2. The van der Waals surface area contributed by atoms with Gasteiger partial charge in [0.2, 0.25) is 0 Å². The zero-order valence-electron chi connectivity index (χ0n) is 40.0. The molecule has 17 aliphatic rings. The summed E-state index contributed by atoms with van der Waals surface area (Å²) in [7, 11) is 0. The molecule has 18 rings (SSSR count). The van der Waals surface area contributed by atoms with Gasteiger partial charge in [0, 0.05) is 61.1 Å². The van der Waals surface area contributed by atoms with E-state index >= 15 is 9.59 Å². The number of aliphatic hydroxyl groups is 1. The lowest BCUT2D eigenvalue weighted by Gasteiger charge is -2.74. The van der Waals surface area contributed by atoms with Crippen molar-refractivity contribution in [1.29, 1.82) is 0 Å². The zero-order valence-corrected chi connectivity index (χ0v) is 40.0. The Morgan fingerprint density at radius 1 is 0.940 bits per heavy atom. The Balaban J connectivity index is 1.03. The summed E-state index contributed by atoms with van der Waals surface area (Å²) in [6, 6.07) is 6.95. The second-order valence-corrected chi connectivity index (χ2v) is 25.3. The van der Waals surface area contributed by atoms with Crippen LogP contribution in [0.15, 0.2) is 75.9 Å².